The first-order valence-electron chi connectivity index (χ1n) is 5.67. The number of carbonyl (C=O) groups is 1. The van der Waals surface area contributed by atoms with Gasteiger partial charge in [-0.1, -0.05) is 12.2 Å². The molecule has 17 heavy (non-hydrogen) atoms. The second kappa shape index (κ2) is 4.93. The van der Waals surface area contributed by atoms with Gasteiger partial charge < -0.3 is 10.2 Å². The zero-order valence-electron chi connectivity index (χ0n) is 10.0. The summed E-state index contributed by atoms with van der Waals surface area (Å²) < 4.78 is 0.427. The first-order valence-corrected chi connectivity index (χ1v) is 6.08. The minimum absolute atomic E-state index is 0.00995. The summed E-state index contributed by atoms with van der Waals surface area (Å²) in [6.07, 6.45) is 0. The molecule has 0 bridgehead atoms. The van der Waals surface area contributed by atoms with Crippen molar-refractivity contribution in [3.63, 3.8) is 0 Å². The molecule has 0 spiro atoms. The van der Waals surface area contributed by atoms with Crippen molar-refractivity contribution in [2.45, 2.75) is 13.8 Å². The normalized spacial score (nSPS) is 16.0. The van der Waals surface area contributed by atoms with Crippen LogP contribution in [0.2, 0.25) is 0 Å². The summed E-state index contributed by atoms with van der Waals surface area (Å²) in [6, 6.07) is 0. The van der Waals surface area contributed by atoms with Gasteiger partial charge in [0.15, 0.2) is 0 Å². The van der Waals surface area contributed by atoms with Crippen LogP contribution < -0.4 is 5.32 Å². The number of H-pyrrole nitrogens is 1. The third-order valence-electron chi connectivity index (χ3n) is 3.09. The minimum atomic E-state index is 0.00995. The summed E-state index contributed by atoms with van der Waals surface area (Å²) in [5, 5.41) is 10.0. The molecule has 1 aliphatic rings. The highest BCUT2D eigenvalue weighted by Crippen LogP contribution is 2.14. The van der Waals surface area contributed by atoms with E-state index in [2.05, 4.69) is 15.5 Å². The lowest BCUT2D eigenvalue weighted by molar-refractivity contribution is 0.0733. The molecule has 0 aliphatic carbocycles. The number of aromatic nitrogens is 2. The standard InChI is InChI=1S/C11H16N4OS/c1-7-8(2)13-14-10(17)9(7)11(16)15-5-3-12-4-6-15/h12H,3-6H2,1-2H3,(H,14,17). The minimum Gasteiger partial charge on any atom is -0.336 e. The molecule has 1 aliphatic heterocycles. The van der Waals surface area contributed by atoms with Gasteiger partial charge in [0.2, 0.25) is 0 Å². The molecular formula is C11H16N4OS. The van der Waals surface area contributed by atoms with Crippen LogP contribution in [0, 0.1) is 18.5 Å². The molecule has 1 fully saturated rings. The van der Waals surface area contributed by atoms with Gasteiger partial charge >= 0.3 is 0 Å². The number of nitrogens with one attached hydrogen (secondary N) is 2. The number of hydrogen-bond acceptors (Lipinski definition) is 4. The van der Waals surface area contributed by atoms with Crippen LogP contribution >= 0.6 is 12.2 Å². The van der Waals surface area contributed by atoms with E-state index in [1.54, 1.807) is 0 Å². The molecule has 2 heterocycles. The van der Waals surface area contributed by atoms with E-state index in [0.717, 1.165) is 37.4 Å². The molecule has 1 saturated heterocycles. The van der Waals surface area contributed by atoms with Gasteiger partial charge in [-0.3, -0.25) is 9.89 Å². The Labute approximate surface area is 105 Å². The van der Waals surface area contributed by atoms with Gasteiger partial charge in [0.05, 0.1) is 11.3 Å². The highest BCUT2D eigenvalue weighted by Gasteiger charge is 2.21. The maximum absolute atomic E-state index is 12.4. The third kappa shape index (κ3) is 2.37. The highest BCUT2D eigenvalue weighted by atomic mass is 32.1. The molecule has 0 unspecified atom stereocenters. The summed E-state index contributed by atoms with van der Waals surface area (Å²) in [6.45, 7) is 6.90. The van der Waals surface area contributed by atoms with E-state index >= 15 is 0 Å². The Bertz CT molecular complexity index is 491. The number of hydrogen-bond donors (Lipinski definition) is 2. The second-order valence-electron chi connectivity index (χ2n) is 4.18. The van der Waals surface area contributed by atoms with Crippen molar-refractivity contribution < 1.29 is 4.79 Å². The van der Waals surface area contributed by atoms with E-state index in [9.17, 15) is 4.79 Å². The average molecular weight is 252 g/mol. The maximum atomic E-state index is 12.4. The lowest BCUT2D eigenvalue weighted by Crippen LogP contribution is -2.46. The van der Waals surface area contributed by atoms with Crippen LogP contribution in [0.1, 0.15) is 21.6 Å². The monoisotopic (exact) mass is 252 g/mol. The molecule has 0 radical (unpaired) electrons. The number of aryl methyl sites for hydroxylation is 1. The van der Waals surface area contributed by atoms with Crippen LogP contribution in [-0.2, 0) is 0 Å². The van der Waals surface area contributed by atoms with Crippen molar-refractivity contribution in [1.82, 2.24) is 20.4 Å². The lowest BCUT2D eigenvalue weighted by Gasteiger charge is -2.28. The first-order chi connectivity index (χ1) is 8.11. The van der Waals surface area contributed by atoms with E-state index in [1.807, 2.05) is 18.7 Å². The van der Waals surface area contributed by atoms with Crippen molar-refractivity contribution in [2.24, 2.45) is 0 Å². The molecule has 2 N–H and O–H groups in total. The Morgan fingerprint density at radius 2 is 2.00 bits per heavy atom. The SMILES string of the molecule is Cc1n[nH]c(=S)c(C(=O)N2CCNCC2)c1C. The second-order valence-corrected chi connectivity index (χ2v) is 4.59. The third-order valence-corrected chi connectivity index (χ3v) is 3.38. The zero-order chi connectivity index (χ0) is 12.4. The Hall–Kier alpha value is -1.27. The largest absolute Gasteiger partial charge is 0.336 e. The maximum Gasteiger partial charge on any atom is 0.257 e. The van der Waals surface area contributed by atoms with E-state index in [1.165, 1.54) is 0 Å². The van der Waals surface area contributed by atoms with Crippen molar-refractivity contribution in [3.05, 3.63) is 21.5 Å². The van der Waals surface area contributed by atoms with Gasteiger partial charge in [-0.15, -0.1) is 0 Å². The fourth-order valence-corrected chi connectivity index (χ4v) is 2.20. The fourth-order valence-electron chi connectivity index (χ4n) is 1.91. The molecule has 1 amide bonds. The fraction of sp³-hybridized carbons (Fsp3) is 0.545. The molecular weight excluding hydrogens is 236 g/mol. The van der Waals surface area contributed by atoms with E-state index in [-0.39, 0.29) is 5.91 Å². The van der Waals surface area contributed by atoms with E-state index < -0.39 is 0 Å². The topological polar surface area (TPSA) is 61.0 Å². The van der Waals surface area contributed by atoms with E-state index in [4.69, 9.17) is 12.2 Å². The number of piperazine rings is 1. The van der Waals surface area contributed by atoms with Crippen LogP contribution in [0.25, 0.3) is 0 Å². The summed E-state index contributed by atoms with van der Waals surface area (Å²) in [5.74, 6) is 0.00995. The Morgan fingerprint density at radius 1 is 1.35 bits per heavy atom. The van der Waals surface area contributed by atoms with Crippen molar-refractivity contribution in [2.75, 3.05) is 26.2 Å². The van der Waals surface area contributed by atoms with Gasteiger partial charge in [0.1, 0.15) is 4.64 Å². The highest BCUT2D eigenvalue weighted by molar-refractivity contribution is 7.71. The molecule has 1 aromatic rings. The van der Waals surface area contributed by atoms with Crippen LogP contribution in [0.5, 0.6) is 0 Å². The van der Waals surface area contributed by atoms with Gasteiger partial charge in [-0.05, 0) is 19.4 Å². The van der Waals surface area contributed by atoms with Crippen LogP contribution in [0.3, 0.4) is 0 Å². The summed E-state index contributed by atoms with van der Waals surface area (Å²) in [5.41, 5.74) is 2.28. The Balaban J connectivity index is 2.36. The van der Waals surface area contributed by atoms with Crippen molar-refractivity contribution >= 4 is 18.1 Å². The molecule has 92 valence electrons. The van der Waals surface area contributed by atoms with Crippen LogP contribution in [0.15, 0.2) is 0 Å². The number of aromatic amines is 1. The smallest absolute Gasteiger partial charge is 0.257 e. The summed E-state index contributed by atoms with van der Waals surface area (Å²) in [7, 11) is 0. The lowest BCUT2D eigenvalue weighted by atomic mass is 10.1. The van der Waals surface area contributed by atoms with Crippen molar-refractivity contribution in [1.29, 1.82) is 0 Å². The zero-order valence-corrected chi connectivity index (χ0v) is 10.9. The first kappa shape index (κ1) is 12.2. The van der Waals surface area contributed by atoms with Crippen LogP contribution in [-0.4, -0.2) is 47.2 Å². The number of carbonyl (C=O) groups excluding carboxylic acids is 1. The Morgan fingerprint density at radius 3 is 2.65 bits per heavy atom. The molecule has 0 aromatic carbocycles. The number of nitrogens with zero attached hydrogens (tertiary/aromatic N) is 2. The van der Waals surface area contributed by atoms with Crippen molar-refractivity contribution in [3.8, 4) is 0 Å². The van der Waals surface area contributed by atoms with Gasteiger partial charge in [0.25, 0.3) is 5.91 Å². The molecule has 0 saturated carbocycles. The molecule has 5 nitrogen and oxygen atoms in total. The predicted octanol–water partition coefficient (Wildman–Crippen LogP) is 0.801. The number of amides is 1. The molecule has 6 heteroatoms. The quantitative estimate of drug-likeness (QED) is 0.726. The molecule has 1 aromatic heterocycles. The molecule has 0 atom stereocenters. The van der Waals surface area contributed by atoms with Gasteiger partial charge in [-0.25, -0.2) is 0 Å². The molecule has 2 rings (SSSR count). The summed E-state index contributed by atoms with van der Waals surface area (Å²) in [4.78, 5) is 14.2. The predicted molar refractivity (Wildman–Crippen MR) is 67.7 cm³/mol. The Kier molecular flexibility index (Phi) is 3.54. The van der Waals surface area contributed by atoms with E-state index in [0.29, 0.717) is 10.2 Å². The summed E-state index contributed by atoms with van der Waals surface area (Å²) >= 11 is 5.16. The average Bonchev–Trinajstić information content (AvgIpc) is 2.35. The van der Waals surface area contributed by atoms with Crippen LogP contribution in [0.4, 0.5) is 0 Å². The number of rotatable bonds is 1. The van der Waals surface area contributed by atoms with Gasteiger partial charge in [-0.2, -0.15) is 5.10 Å². The van der Waals surface area contributed by atoms with Gasteiger partial charge in [0, 0.05) is 26.2 Å².